The van der Waals surface area contributed by atoms with Gasteiger partial charge in [0, 0.05) is 25.3 Å². The first-order valence-electron chi connectivity index (χ1n) is 7.18. The van der Waals surface area contributed by atoms with Crippen molar-refractivity contribution in [3.05, 3.63) is 29.8 Å². The van der Waals surface area contributed by atoms with Crippen LogP contribution < -0.4 is 4.74 Å². The Labute approximate surface area is 122 Å². The fourth-order valence-corrected chi connectivity index (χ4v) is 2.26. The number of hydrogen-bond acceptors (Lipinski definition) is 4. The molecule has 0 fully saturated rings. The van der Waals surface area contributed by atoms with Crippen molar-refractivity contribution < 1.29 is 14.2 Å². The Morgan fingerprint density at radius 3 is 2.50 bits per heavy atom. The van der Waals surface area contributed by atoms with Gasteiger partial charge in [-0.05, 0) is 19.5 Å². The zero-order valence-electron chi connectivity index (χ0n) is 13.1. The van der Waals surface area contributed by atoms with Crippen LogP contribution in [0, 0.1) is 0 Å². The number of nitrogens with zero attached hydrogens (tertiary/aromatic N) is 1. The minimum absolute atomic E-state index is 0.308. The maximum atomic E-state index is 5.55. The molecule has 0 radical (unpaired) electrons. The van der Waals surface area contributed by atoms with E-state index in [2.05, 4.69) is 30.9 Å². The largest absolute Gasteiger partial charge is 0.496 e. The number of ether oxygens (including phenoxy) is 3. The van der Waals surface area contributed by atoms with E-state index in [-0.39, 0.29) is 0 Å². The van der Waals surface area contributed by atoms with E-state index in [0.717, 1.165) is 25.4 Å². The Balaban J connectivity index is 2.55. The summed E-state index contributed by atoms with van der Waals surface area (Å²) in [7, 11) is 3.40. The molecule has 0 aliphatic rings. The first kappa shape index (κ1) is 17.0. The normalized spacial score (nSPS) is 12.7. The third-order valence-electron chi connectivity index (χ3n) is 3.50. The second kappa shape index (κ2) is 9.75. The molecule has 0 heterocycles. The SMILES string of the molecule is CCN(CCOCCOC)C(C)c1ccccc1OC. The predicted octanol–water partition coefficient (Wildman–Crippen LogP) is 2.74. The summed E-state index contributed by atoms with van der Waals surface area (Å²) in [5, 5.41) is 0. The van der Waals surface area contributed by atoms with Gasteiger partial charge in [-0.2, -0.15) is 0 Å². The van der Waals surface area contributed by atoms with Crippen LogP contribution in [0.25, 0.3) is 0 Å². The molecule has 1 rings (SSSR count). The average Bonchev–Trinajstić information content (AvgIpc) is 2.50. The number of likely N-dealkylation sites (N-methyl/N-ethyl adjacent to an activating group) is 1. The van der Waals surface area contributed by atoms with Crippen LogP contribution in [0.5, 0.6) is 5.75 Å². The van der Waals surface area contributed by atoms with E-state index in [1.165, 1.54) is 5.56 Å². The Morgan fingerprint density at radius 1 is 1.10 bits per heavy atom. The molecule has 0 saturated carbocycles. The van der Waals surface area contributed by atoms with E-state index in [4.69, 9.17) is 14.2 Å². The maximum absolute atomic E-state index is 5.55. The van der Waals surface area contributed by atoms with Gasteiger partial charge in [-0.25, -0.2) is 0 Å². The summed E-state index contributed by atoms with van der Waals surface area (Å²) in [6.07, 6.45) is 0. The predicted molar refractivity (Wildman–Crippen MR) is 81.4 cm³/mol. The standard InChI is InChI=1S/C16H27NO3/c1-5-17(10-11-20-13-12-18-3)14(2)15-8-6-7-9-16(15)19-4/h6-9,14H,5,10-13H2,1-4H3. The molecule has 0 aliphatic heterocycles. The van der Waals surface area contributed by atoms with Crippen LogP contribution >= 0.6 is 0 Å². The van der Waals surface area contributed by atoms with Gasteiger partial charge in [-0.15, -0.1) is 0 Å². The first-order valence-corrected chi connectivity index (χ1v) is 7.18. The molecule has 0 amide bonds. The summed E-state index contributed by atoms with van der Waals surface area (Å²) in [5.41, 5.74) is 1.22. The zero-order valence-corrected chi connectivity index (χ0v) is 13.1. The molecule has 0 aromatic heterocycles. The number of benzene rings is 1. The van der Waals surface area contributed by atoms with Gasteiger partial charge >= 0.3 is 0 Å². The number of hydrogen-bond donors (Lipinski definition) is 0. The molecular weight excluding hydrogens is 254 g/mol. The molecule has 0 bridgehead atoms. The molecule has 0 aliphatic carbocycles. The number of para-hydroxylation sites is 1. The van der Waals surface area contributed by atoms with Crippen LogP contribution in [0.2, 0.25) is 0 Å². The summed E-state index contributed by atoms with van der Waals surface area (Å²) in [6, 6.07) is 8.49. The summed E-state index contributed by atoms with van der Waals surface area (Å²) >= 11 is 0. The van der Waals surface area contributed by atoms with Gasteiger partial charge in [-0.3, -0.25) is 4.90 Å². The topological polar surface area (TPSA) is 30.9 Å². The maximum Gasteiger partial charge on any atom is 0.123 e. The summed E-state index contributed by atoms with van der Waals surface area (Å²) in [5.74, 6) is 0.943. The molecule has 4 heteroatoms. The molecule has 20 heavy (non-hydrogen) atoms. The Hall–Kier alpha value is -1.10. The highest BCUT2D eigenvalue weighted by Crippen LogP contribution is 2.28. The second-order valence-corrected chi connectivity index (χ2v) is 4.65. The van der Waals surface area contributed by atoms with Crippen LogP contribution in [0.3, 0.4) is 0 Å². The third-order valence-corrected chi connectivity index (χ3v) is 3.50. The molecule has 1 aromatic carbocycles. The second-order valence-electron chi connectivity index (χ2n) is 4.65. The summed E-state index contributed by atoms with van der Waals surface area (Å²) in [6.45, 7) is 8.27. The lowest BCUT2D eigenvalue weighted by Gasteiger charge is -2.29. The molecule has 1 unspecified atom stereocenters. The van der Waals surface area contributed by atoms with E-state index in [9.17, 15) is 0 Å². The van der Waals surface area contributed by atoms with Crippen molar-refractivity contribution in [2.45, 2.75) is 19.9 Å². The number of rotatable bonds is 10. The van der Waals surface area contributed by atoms with E-state index in [1.807, 2.05) is 12.1 Å². The van der Waals surface area contributed by atoms with Crippen molar-refractivity contribution in [2.24, 2.45) is 0 Å². The molecule has 0 saturated heterocycles. The Bertz CT molecular complexity index is 370. The zero-order chi connectivity index (χ0) is 14.8. The third kappa shape index (κ3) is 5.12. The van der Waals surface area contributed by atoms with Crippen molar-refractivity contribution in [3.63, 3.8) is 0 Å². The van der Waals surface area contributed by atoms with Crippen LogP contribution in [-0.4, -0.2) is 52.0 Å². The summed E-state index contributed by atoms with van der Waals surface area (Å²) in [4.78, 5) is 2.38. The smallest absolute Gasteiger partial charge is 0.123 e. The van der Waals surface area contributed by atoms with Crippen molar-refractivity contribution in [2.75, 3.05) is 47.1 Å². The highest BCUT2D eigenvalue weighted by molar-refractivity contribution is 5.35. The van der Waals surface area contributed by atoms with Crippen molar-refractivity contribution in [1.29, 1.82) is 0 Å². The molecule has 114 valence electrons. The molecule has 4 nitrogen and oxygen atoms in total. The lowest BCUT2D eigenvalue weighted by atomic mass is 10.1. The minimum atomic E-state index is 0.308. The van der Waals surface area contributed by atoms with Crippen LogP contribution in [0.4, 0.5) is 0 Å². The van der Waals surface area contributed by atoms with E-state index in [1.54, 1.807) is 14.2 Å². The fourth-order valence-electron chi connectivity index (χ4n) is 2.26. The van der Waals surface area contributed by atoms with Gasteiger partial charge < -0.3 is 14.2 Å². The fraction of sp³-hybridized carbons (Fsp3) is 0.625. The highest BCUT2D eigenvalue weighted by Gasteiger charge is 2.17. The van der Waals surface area contributed by atoms with Gasteiger partial charge in [0.2, 0.25) is 0 Å². The quantitative estimate of drug-likeness (QED) is 0.617. The van der Waals surface area contributed by atoms with E-state index in [0.29, 0.717) is 19.3 Å². The molecular formula is C16H27NO3. The number of methoxy groups -OCH3 is 2. The monoisotopic (exact) mass is 281 g/mol. The lowest BCUT2D eigenvalue weighted by Crippen LogP contribution is -2.30. The van der Waals surface area contributed by atoms with Gasteiger partial charge in [0.25, 0.3) is 0 Å². The van der Waals surface area contributed by atoms with Gasteiger partial charge in [0.05, 0.1) is 26.9 Å². The minimum Gasteiger partial charge on any atom is -0.496 e. The van der Waals surface area contributed by atoms with Crippen LogP contribution in [0.15, 0.2) is 24.3 Å². The van der Waals surface area contributed by atoms with Gasteiger partial charge in [0.15, 0.2) is 0 Å². The van der Waals surface area contributed by atoms with E-state index >= 15 is 0 Å². The van der Waals surface area contributed by atoms with E-state index < -0.39 is 0 Å². The molecule has 1 atom stereocenters. The van der Waals surface area contributed by atoms with Crippen molar-refractivity contribution in [1.82, 2.24) is 4.90 Å². The molecule has 0 spiro atoms. The van der Waals surface area contributed by atoms with Crippen LogP contribution in [-0.2, 0) is 9.47 Å². The highest BCUT2D eigenvalue weighted by atomic mass is 16.5. The Morgan fingerprint density at radius 2 is 1.85 bits per heavy atom. The lowest BCUT2D eigenvalue weighted by molar-refractivity contribution is 0.0516. The van der Waals surface area contributed by atoms with Crippen molar-refractivity contribution in [3.8, 4) is 5.75 Å². The van der Waals surface area contributed by atoms with Gasteiger partial charge in [0.1, 0.15) is 5.75 Å². The first-order chi connectivity index (χ1) is 9.74. The Kier molecular flexibility index (Phi) is 8.26. The summed E-state index contributed by atoms with van der Waals surface area (Å²) < 4.78 is 16.0. The average molecular weight is 281 g/mol. The van der Waals surface area contributed by atoms with Crippen molar-refractivity contribution >= 4 is 0 Å². The molecule has 0 N–H and O–H groups in total. The van der Waals surface area contributed by atoms with Gasteiger partial charge in [-0.1, -0.05) is 25.1 Å². The van der Waals surface area contributed by atoms with Crippen LogP contribution in [0.1, 0.15) is 25.5 Å². The molecule has 1 aromatic rings.